The molecule has 0 bridgehead atoms. The average molecular weight is 931 g/mol. The van der Waals surface area contributed by atoms with Crippen molar-refractivity contribution < 1.29 is 21.2 Å². The van der Waals surface area contributed by atoms with E-state index in [0.717, 1.165) is 46.6 Å². The first-order chi connectivity index (χ1) is 27.2. The summed E-state index contributed by atoms with van der Waals surface area (Å²) in [7, 11) is 0. The molecular formula is C48H30I2N5-. The summed E-state index contributed by atoms with van der Waals surface area (Å²) in [5.74, 6) is 2.76. The fourth-order valence-corrected chi connectivity index (χ4v) is 12.2. The van der Waals surface area contributed by atoms with Crippen LogP contribution in [0.1, 0.15) is 16.7 Å². The van der Waals surface area contributed by atoms with Gasteiger partial charge >= 0.3 is 324 Å². The summed E-state index contributed by atoms with van der Waals surface area (Å²) in [6.07, 6.45) is 0. The molecule has 2 aliphatic rings. The molecule has 0 fully saturated rings. The van der Waals surface area contributed by atoms with Gasteiger partial charge in [-0.15, -0.1) is 0 Å². The van der Waals surface area contributed by atoms with Crippen molar-refractivity contribution >= 4 is 33.9 Å². The second kappa shape index (κ2) is 14.8. The zero-order valence-corrected chi connectivity index (χ0v) is 33.6. The SMILES string of the molecule is c1ccc(C2=NC(c3ccccc3)=IC(c3ccc4c(c3)[I-]c3ccc(-c5nc(-c6ccccc6)nc(-c6cccc(-c7ccccc7)c6)n5)cc3-4)=N2)cc1. The van der Waals surface area contributed by atoms with Crippen molar-refractivity contribution in [3.05, 3.63) is 206 Å². The van der Waals surface area contributed by atoms with Crippen LogP contribution in [0, 0.1) is 7.14 Å². The van der Waals surface area contributed by atoms with Crippen LogP contribution in [0.2, 0.25) is 0 Å². The summed E-state index contributed by atoms with van der Waals surface area (Å²) in [5, 5.41) is 0. The first-order valence-electron chi connectivity index (χ1n) is 17.9. The van der Waals surface area contributed by atoms with E-state index in [1.165, 1.54) is 29.4 Å². The van der Waals surface area contributed by atoms with Crippen molar-refractivity contribution in [3.63, 3.8) is 0 Å². The van der Waals surface area contributed by atoms with Crippen LogP contribution in [0.5, 0.6) is 0 Å². The number of aromatic nitrogens is 3. The third kappa shape index (κ3) is 6.90. The molecule has 7 aromatic carbocycles. The molecule has 2 aliphatic heterocycles. The number of halogens is 2. The molecule has 8 aromatic rings. The number of aliphatic imine (C=N–C) groups is 2. The molecule has 0 unspecified atom stereocenters. The first kappa shape index (κ1) is 33.8. The van der Waals surface area contributed by atoms with Crippen LogP contribution in [-0.4, -0.2) is 28.1 Å². The number of fused-ring (bicyclic) bond motifs is 3. The summed E-state index contributed by atoms with van der Waals surface area (Å²) < 4.78 is 5.12. The van der Waals surface area contributed by atoms with Gasteiger partial charge in [0.05, 0.1) is 0 Å². The molecule has 10 rings (SSSR count). The van der Waals surface area contributed by atoms with Crippen molar-refractivity contribution in [2.24, 2.45) is 9.98 Å². The van der Waals surface area contributed by atoms with Crippen LogP contribution >= 0.6 is 20.7 Å². The molecule has 262 valence electrons. The minimum absolute atomic E-state index is 0.377. The summed E-state index contributed by atoms with van der Waals surface area (Å²) >= 11 is -0.966. The molecule has 0 radical (unpaired) electrons. The number of hydrogen-bond donors (Lipinski definition) is 0. The van der Waals surface area contributed by atoms with Gasteiger partial charge in [0.25, 0.3) is 0 Å². The zero-order chi connectivity index (χ0) is 36.6. The van der Waals surface area contributed by atoms with Gasteiger partial charge in [-0.05, 0) is 0 Å². The minimum atomic E-state index is -0.589. The fourth-order valence-electron chi connectivity index (χ4n) is 6.69. The molecule has 5 nitrogen and oxygen atoms in total. The number of hydrogen-bond acceptors (Lipinski definition) is 5. The fraction of sp³-hybridized carbons (Fsp3) is 0. The van der Waals surface area contributed by atoms with Gasteiger partial charge in [-0.25, -0.2) is 0 Å². The zero-order valence-electron chi connectivity index (χ0n) is 29.3. The van der Waals surface area contributed by atoms with Crippen molar-refractivity contribution in [1.82, 2.24) is 15.0 Å². The predicted molar refractivity (Wildman–Crippen MR) is 228 cm³/mol. The van der Waals surface area contributed by atoms with Gasteiger partial charge in [-0.3, -0.25) is 0 Å². The topological polar surface area (TPSA) is 63.4 Å². The van der Waals surface area contributed by atoms with E-state index in [0.29, 0.717) is 17.5 Å². The molecular weight excluding hydrogens is 900 g/mol. The molecule has 0 spiro atoms. The average Bonchev–Trinajstić information content (AvgIpc) is 3.64. The van der Waals surface area contributed by atoms with Crippen molar-refractivity contribution in [2.75, 3.05) is 0 Å². The standard InChI is InChI=1S/C48H30I2N5/c1-5-14-31(15-6-1)35-22-13-23-37(28-35)47-53-46(34-20-11-4-12-21-34)54-48(55-47)38-25-27-41-40(29-38)39-26-24-36(30-42(39)49-41)44-50-43(32-16-7-2-8-17-32)51-45(52-44)33-18-9-3-10-19-33/h1-30H/q-1. The van der Waals surface area contributed by atoms with Gasteiger partial charge in [-0.2, -0.15) is 0 Å². The summed E-state index contributed by atoms with van der Waals surface area (Å²) in [4.78, 5) is 25.5. The summed E-state index contributed by atoms with van der Waals surface area (Å²) in [6, 6.07) is 63.6. The van der Waals surface area contributed by atoms with E-state index >= 15 is 0 Å². The Balaban J connectivity index is 1.03. The molecule has 0 N–H and O–H groups in total. The van der Waals surface area contributed by atoms with Gasteiger partial charge in [0.2, 0.25) is 0 Å². The molecule has 0 amide bonds. The van der Waals surface area contributed by atoms with Crippen molar-refractivity contribution in [1.29, 1.82) is 0 Å². The molecule has 0 saturated heterocycles. The van der Waals surface area contributed by atoms with E-state index < -0.39 is 20.7 Å². The Labute approximate surface area is 339 Å². The van der Waals surface area contributed by atoms with Crippen LogP contribution in [0.3, 0.4) is 0 Å². The van der Waals surface area contributed by atoms with Crippen LogP contribution in [0.15, 0.2) is 192 Å². The van der Waals surface area contributed by atoms with E-state index in [2.05, 4.69) is 140 Å². The summed E-state index contributed by atoms with van der Waals surface area (Å²) in [6.45, 7) is 0. The van der Waals surface area contributed by atoms with Gasteiger partial charge in [0, 0.05) is 0 Å². The third-order valence-corrected chi connectivity index (χ3v) is 15.2. The second-order valence-electron chi connectivity index (χ2n) is 13.1. The van der Waals surface area contributed by atoms with Gasteiger partial charge in [0.1, 0.15) is 0 Å². The molecule has 55 heavy (non-hydrogen) atoms. The third-order valence-electron chi connectivity index (χ3n) is 9.45. The van der Waals surface area contributed by atoms with Crippen LogP contribution < -0.4 is 21.2 Å². The second-order valence-corrected chi connectivity index (χ2v) is 18.5. The van der Waals surface area contributed by atoms with Crippen LogP contribution in [-0.2, 0) is 0 Å². The Bertz CT molecular complexity index is 2780. The molecule has 0 saturated carbocycles. The quantitative estimate of drug-likeness (QED) is 0.152. The molecule has 1 aromatic heterocycles. The Hall–Kier alpha value is -5.78. The Morgan fingerprint density at radius 3 is 1.58 bits per heavy atom. The van der Waals surface area contributed by atoms with Gasteiger partial charge < -0.3 is 0 Å². The van der Waals surface area contributed by atoms with Crippen LogP contribution in [0.25, 0.3) is 56.4 Å². The molecule has 3 heterocycles. The Kier molecular flexibility index (Phi) is 9.09. The van der Waals surface area contributed by atoms with E-state index in [4.69, 9.17) is 24.9 Å². The van der Waals surface area contributed by atoms with Gasteiger partial charge in [0.15, 0.2) is 0 Å². The number of amidine groups is 1. The van der Waals surface area contributed by atoms with Crippen LogP contribution in [0.4, 0.5) is 0 Å². The maximum absolute atomic E-state index is 5.20. The van der Waals surface area contributed by atoms with E-state index in [1.54, 1.807) is 0 Å². The Morgan fingerprint density at radius 2 is 0.891 bits per heavy atom. The van der Waals surface area contributed by atoms with Crippen molar-refractivity contribution in [2.45, 2.75) is 0 Å². The predicted octanol–water partition coefficient (Wildman–Crippen LogP) is 8.00. The Morgan fingerprint density at radius 1 is 0.345 bits per heavy atom. The number of benzene rings is 7. The molecule has 7 heteroatoms. The maximum atomic E-state index is 5.20. The molecule has 0 aliphatic carbocycles. The monoisotopic (exact) mass is 930 g/mol. The summed E-state index contributed by atoms with van der Waals surface area (Å²) in [5.41, 5.74) is 11.1. The number of nitrogens with zero attached hydrogens (tertiary/aromatic N) is 5. The molecule has 0 atom stereocenters. The van der Waals surface area contributed by atoms with E-state index in [1.807, 2.05) is 42.5 Å². The van der Waals surface area contributed by atoms with Gasteiger partial charge in [-0.1, -0.05) is 18.2 Å². The first-order valence-corrected chi connectivity index (χ1v) is 22.2. The normalized spacial score (nSPS) is 13.3. The number of rotatable bonds is 7. The van der Waals surface area contributed by atoms with E-state index in [9.17, 15) is 0 Å². The van der Waals surface area contributed by atoms with E-state index in [-0.39, 0.29) is 21.2 Å². The van der Waals surface area contributed by atoms with Crippen molar-refractivity contribution in [3.8, 4) is 56.4 Å².